The number of nitrogens with zero attached hydrogens (tertiary/aromatic N) is 4. The van der Waals surface area contributed by atoms with E-state index < -0.39 is 0 Å². The minimum atomic E-state index is 0.650. The van der Waals surface area contributed by atoms with Crippen LogP contribution >= 0.6 is 0 Å². The van der Waals surface area contributed by atoms with Gasteiger partial charge in [0.1, 0.15) is 0 Å². The van der Waals surface area contributed by atoms with Crippen molar-refractivity contribution in [3.63, 3.8) is 0 Å². The number of imidazole rings is 1. The van der Waals surface area contributed by atoms with Crippen LogP contribution in [0, 0.1) is 0 Å². The number of anilines is 2. The van der Waals surface area contributed by atoms with E-state index in [1.54, 1.807) is 19.5 Å². The summed E-state index contributed by atoms with van der Waals surface area (Å²) >= 11 is 0. The molecular formula is C13H15N5O. The maximum absolute atomic E-state index is 5.03. The van der Waals surface area contributed by atoms with Gasteiger partial charge in [0.25, 0.3) is 0 Å². The van der Waals surface area contributed by atoms with E-state index in [2.05, 4.69) is 15.4 Å². The first-order chi connectivity index (χ1) is 9.36. The largest absolute Gasteiger partial charge is 0.383 e. The lowest BCUT2D eigenvalue weighted by Gasteiger charge is -2.04. The van der Waals surface area contributed by atoms with Crippen molar-refractivity contribution in [2.24, 2.45) is 0 Å². The third-order valence-corrected chi connectivity index (χ3v) is 2.86. The number of hydrogen-bond donors (Lipinski definition) is 1. The fraction of sp³-hybridized carbons (Fsp3) is 0.231. The molecule has 0 bridgehead atoms. The van der Waals surface area contributed by atoms with Crippen molar-refractivity contribution >= 4 is 17.0 Å². The number of rotatable bonds is 5. The summed E-state index contributed by atoms with van der Waals surface area (Å²) in [5.41, 5.74) is 2.79. The van der Waals surface area contributed by atoms with E-state index in [1.807, 2.05) is 39.8 Å². The van der Waals surface area contributed by atoms with E-state index in [1.165, 1.54) is 0 Å². The van der Waals surface area contributed by atoms with Crippen molar-refractivity contribution in [3.05, 3.63) is 43.1 Å². The molecule has 0 unspecified atom stereocenters. The molecule has 0 aromatic carbocycles. The monoisotopic (exact) mass is 257 g/mol. The standard InChI is InChI=1S/C13H15N5O/c1-19-8-7-18-10-11(9-15-18)16-12-3-2-5-17-6-4-14-13(12)17/h2-6,9-10,16H,7-8H2,1H3. The molecule has 3 heterocycles. The average Bonchev–Trinajstić information content (AvgIpc) is 3.05. The molecule has 3 aromatic rings. The van der Waals surface area contributed by atoms with Gasteiger partial charge < -0.3 is 14.5 Å². The molecule has 0 amide bonds. The summed E-state index contributed by atoms with van der Waals surface area (Å²) in [6, 6.07) is 3.97. The van der Waals surface area contributed by atoms with E-state index in [-0.39, 0.29) is 0 Å². The van der Waals surface area contributed by atoms with E-state index in [0.29, 0.717) is 6.61 Å². The molecule has 0 aliphatic carbocycles. The number of hydrogen-bond acceptors (Lipinski definition) is 4. The molecule has 0 radical (unpaired) electrons. The molecule has 0 fully saturated rings. The predicted octanol–water partition coefficient (Wildman–Crippen LogP) is 1.92. The molecule has 0 saturated heterocycles. The Bertz CT molecular complexity index is 672. The van der Waals surface area contributed by atoms with Crippen LogP contribution in [0.2, 0.25) is 0 Å². The minimum absolute atomic E-state index is 0.650. The zero-order valence-electron chi connectivity index (χ0n) is 10.7. The molecule has 1 N–H and O–H groups in total. The lowest BCUT2D eigenvalue weighted by atomic mass is 10.4. The minimum Gasteiger partial charge on any atom is -0.383 e. The first kappa shape index (κ1) is 11.7. The van der Waals surface area contributed by atoms with Gasteiger partial charge in [-0.1, -0.05) is 0 Å². The van der Waals surface area contributed by atoms with Gasteiger partial charge in [0, 0.05) is 31.9 Å². The number of methoxy groups -OCH3 is 1. The van der Waals surface area contributed by atoms with Crippen LogP contribution in [0.5, 0.6) is 0 Å². The van der Waals surface area contributed by atoms with Gasteiger partial charge in [-0.3, -0.25) is 4.68 Å². The predicted molar refractivity (Wildman–Crippen MR) is 72.6 cm³/mol. The zero-order valence-corrected chi connectivity index (χ0v) is 10.7. The van der Waals surface area contributed by atoms with Crippen molar-refractivity contribution < 1.29 is 4.74 Å². The number of pyridine rings is 1. The van der Waals surface area contributed by atoms with Gasteiger partial charge in [-0.15, -0.1) is 0 Å². The van der Waals surface area contributed by atoms with Crippen molar-refractivity contribution in [2.45, 2.75) is 6.54 Å². The van der Waals surface area contributed by atoms with Gasteiger partial charge >= 0.3 is 0 Å². The van der Waals surface area contributed by atoms with Gasteiger partial charge in [-0.25, -0.2) is 4.98 Å². The van der Waals surface area contributed by atoms with Crippen LogP contribution in [0.15, 0.2) is 43.1 Å². The number of ether oxygens (including phenoxy) is 1. The first-order valence-corrected chi connectivity index (χ1v) is 6.07. The zero-order chi connectivity index (χ0) is 13.1. The van der Waals surface area contributed by atoms with Crippen LogP contribution in [0.4, 0.5) is 11.4 Å². The fourth-order valence-electron chi connectivity index (χ4n) is 1.94. The second-order valence-corrected chi connectivity index (χ2v) is 4.19. The smallest absolute Gasteiger partial charge is 0.160 e. The van der Waals surface area contributed by atoms with Crippen LogP contribution in [0.1, 0.15) is 0 Å². The van der Waals surface area contributed by atoms with Crippen LogP contribution < -0.4 is 5.32 Å². The Balaban J connectivity index is 1.81. The quantitative estimate of drug-likeness (QED) is 0.758. The molecule has 6 heteroatoms. The van der Waals surface area contributed by atoms with E-state index >= 15 is 0 Å². The van der Waals surface area contributed by atoms with Crippen molar-refractivity contribution in [1.29, 1.82) is 0 Å². The highest BCUT2D eigenvalue weighted by Crippen LogP contribution is 2.19. The SMILES string of the molecule is COCCn1cc(Nc2cccn3ccnc23)cn1. The topological polar surface area (TPSA) is 56.4 Å². The molecule has 0 aliphatic heterocycles. The number of fused-ring (bicyclic) bond motifs is 1. The third kappa shape index (κ3) is 2.43. The average molecular weight is 257 g/mol. The summed E-state index contributed by atoms with van der Waals surface area (Å²) < 4.78 is 8.84. The van der Waals surface area contributed by atoms with E-state index in [4.69, 9.17) is 4.74 Å². The van der Waals surface area contributed by atoms with Gasteiger partial charge in [-0.05, 0) is 12.1 Å². The molecule has 19 heavy (non-hydrogen) atoms. The summed E-state index contributed by atoms with van der Waals surface area (Å²) in [5.74, 6) is 0. The number of aromatic nitrogens is 4. The Kier molecular flexibility index (Phi) is 3.16. The highest BCUT2D eigenvalue weighted by Gasteiger charge is 2.04. The van der Waals surface area contributed by atoms with Crippen LogP contribution in [-0.2, 0) is 11.3 Å². The van der Waals surface area contributed by atoms with Crippen molar-refractivity contribution in [3.8, 4) is 0 Å². The van der Waals surface area contributed by atoms with Gasteiger partial charge in [0.05, 0.1) is 30.7 Å². The lowest BCUT2D eigenvalue weighted by molar-refractivity contribution is 0.183. The summed E-state index contributed by atoms with van der Waals surface area (Å²) in [6.07, 6.45) is 9.41. The second kappa shape index (κ2) is 5.11. The van der Waals surface area contributed by atoms with Gasteiger partial charge in [-0.2, -0.15) is 5.10 Å². The molecule has 3 aromatic heterocycles. The van der Waals surface area contributed by atoms with E-state index in [9.17, 15) is 0 Å². The van der Waals surface area contributed by atoms with Gasteiger partial charge in [0.2, 0.25) is 0 Å². The molecule has 98 valence electrons. The Labute approximate surface area is 110 Å². The molecule has 0 saturated carbocycles. The van der Waals surface area contributed by atoms with Crippen molar-refractivity contribution in [1.82, 2.24) is 19.2 Å². The summed E-state index contributed by atoms with van der Waals surface area (Å²) in [5, 5.41) is 7.59. The third-order valence-electron chi connectivity index (χ3n) is 2.86. The molecule has 6 nitrogen and oxygen atoms in total. The van der Waals surface area contributed by atoms with Crippen LogP contribution in [0.25, 0.3) is 5.65 Å². The highest BCUT2D eigenvalue weighted by molar-refractivity contribution is 5.73. The van der Waals surface area contributed by atoms with Crippen LogP contribution in [-0.4, -0.2) is 32.9 Å². The Hall–Kier alpha value is -2.34. The normalized spacial score (nSPS) is 11.0. The molecule has 0 atom stereocenters. The van der Waals surface area contributed by atoms with E-state index in [0.717, 1.165) is 23.6 Å². The second-order valence-electron chi connectivity index (χ2n) is 4.19. The fourth-order valence-corrected chi connectivity index (χ4v) is 1.94. The Morgan fingerprint density at radius 1 is 1.37 bits per heavy atom. The summed E-state index contributed by atoms with van der Waals surface area (Å²) in [4.78, 5) is 4.32. The van der Waals surface area contributed by atoms with Crippen LogP contribution in [0.3, 0.4) is 0 Å². The number of nitrogens with one attached hydrogen (secondary N) is 1. The first-order valence-electron chi connectivity index (χ1n) is 6.07. The molecular weight excluding hydrogens is 242 g/mol. The molecule has 0 aliphatic rings. The lowest BCUT2D eigenvalue weighted by Crippen LogP contribution is -2.03. The highest BCUT2D eigenvalue weighted by atomic mass is 16.5. The van der Waals surface area contributed by atoms with Crippen molar-refractivity contribution in [2.75, 3.05) is 19.0 Å². The summed E-state index contributed by atoms with van der Waals surface area (Å²) in [6.45, 7) is 1.39. The Morgan fingerprint density at radius 3 is 3.21 bits per heavy atom. The molecule has 0 spiro atoms. The Morgan fingerprint density at radius 2 is 2.32 bits per heavy atom. The maximum atomic E-state index is 5.03. The molecule has 3 rings (SSSR count). The van der Waals surface area contributed by atoms with Gasteiger partial charge in [0.15, 0.2) is 5.65 Å². The maximum Gasteiger partial charge on any atom is 0.160 e. The summed E-state index contributed by atoms with van der Waals surface area (Å²) in [7, 11) is 1.68.